The van der Waals surface area contributed by atoms with Crippen LogP contribution in [0.3, 0.4) is 0 Å². The third-order valence-electron chi connectivity index (χ3n) is 4.83. The van der Waals surface area contributed by atoms with Crippen molar-refractivity contribution >= 4 is 16.9 Å². The first kappa shape index (κ1) is 19.6. The van der Waals surface area contributed by atoms with Crippen LogP contribution < -0.4 is 10.1 Å². The fourth-order valence-corrected chi connectivity index (χ4v) is 3.20. The molecule has 1 N–H and O–H groups in total. The van der Waals surface area contributed by atoms with Crippen LogP contribution in [0.5, 0.6) is 5.75 Å². The number of aromatic nitrogens is 2. The van der Waals surface area contributed by atoms with Gasteiger partial charge in [-0.05, 0) is 48.9 Å². The maximum Gasteiger partial charge on any atom is 0.240 e. The Balaban J connectivity index is 1.48. The molecule has 1 heterocycles. The molecule has 4 rings (SSSR count). The average molecular weight is 403 g/mol. The minimum Gasteiger partial charge on any atom is -0.486 e. The van der Waals surface area contributed by atoms with Gasteiger partial charge in [-0.15, -0.1) is 0 Å². The molecule has 0 spiro atoms. The minimum absolute atomic E-state index is 0.119. The number of carbonyl (C=O) groups is 1. The second-order valence-electron chi connectivity index (χ2n) is 7.11. The molecule has 5 nitrogen and oxygen atoms in total. The molecule has 0 unspecified atom stereocenters. The quantitative estimate of drug-likeness (QED) is 0.498. The van der Waals surface area contributed by atoms with E-state index in [1.54, 1.807) is 12.1 Å². The second kappa shape index (κ2) is 8.78. The topological polar surface area (TPSA) is 56.2 Å². The third-order valence-corrected chi connectivity index (χ3v) is 4.83. The summed E-state index contributed by atoms with van der Waals surface area (Å²) in [7, 11) is 0. The normalized spacial score (nSPS) is 10.9. The molecule has 0 atom stereocenters. The first-order valence-corrected chi connectivity index (χ1v) is 9.73. The van der Waals surface area contributed by atoms with Gasteiger partial charge < -0.3 is 14.6 Å². The monoisotopic (exact) mass is 403 g/mol. The molecular weight excluding hydrogens is 381 g/mol. The first-order chi connectivity index (χ1) is 14.6. The van der Waals surface area contributed by atoms with Gasteiger partial charge in [0.15, 0.2) is 0 Å². The number of benzene rings is 3. The number of nitrogens with one attached hydrogen (secondary N) is 1. The van der Waals surface area contributed by atoms with Crippen molar-refractivity contribution in [1.29, 1.82) is 0 Å². The summed E-state index contributed by atoms with van der Waals surface area (Å²) in [6.07, 6.45) is 0. The number of imidazole rings is 1. The minimum atomic E-state index is -0.298. The molecule has 0 aliphatic carbocycles. The number of para-hydroxylation sites is 2. The molecule has 30 heavy (non-hydrogen) atoms. The van der Waals surface area contributed by atoms with Crippen molar-refractivity contribution in [1.82, 2.24) is 14.9 Å². The Kier molecular flexibility index (Phi) is 5.75. The summed E-state index contributed by atoms with van der Waals surface area (Å²) in [6, 6.07) is 21.6. The Labute approximate surface area is 174 Å². The van der Waals surface area contributed by atoms with Gasteiger partial charge in [0.1, 0.15) is 30.5 Å². The number of halogens is 1. The molecule has 6 heteroatoms. The number of amides is 1. The average Bonchev–Trinajstić information content (AvgIpc) is 3.10. The molecule has 1 aromatic heterocycles. The molecule has 3 aromatic carbocycles. The van der Waals surface area contributed by atoms with E-state index in [0.29, 0.717) is 12.4 Å². The van der Waals surface area contributed by atoms with Crippen molar-refractivity contribution in [3.8, 4) is 5.75 Å². The molecule has 4 aromatic rings. The summed E-state index contributed by atoms with van der Waals surface area (Å²) in [5.41, 5.74) is 3.68. The van der Waals surface area contributed by atoms with E-state index < -0.39 is 0 Å². The fourth-order valence-electron chi connectivity index (χ4n) is 3.20. The van der Waals surface area contributed by atoms with Crippen molar-refractivity contribution in [2.45, 2.75) is 26.6 Å². The van der Waals surface area contributed by atoms with E-state index in [2.05, 4.69) is 10.3 Å². The number of fused-ring (bicyclic) bond motifs is 1. The van der Waals surface area contributed by atoms with Crippen molar-refractivity contribution in [3.05, 3.63) is 95.6 Å². The summed E-state index contributed by atoms with van der Waals surface area (Å²) in [5, 5.41) is 2.88. The highest BCUT2D eigenvalue weighted by atomic mass is 19.1. The van der Waals surface area contributed by atoms with Gasteiger partial charge in [0, 0.05) is 6.54 Å². The largest absolute Gasteiger partial charge is 0.486 e. The van der Waals surface area contributed by atoms with Crippen LogP contribution in [0.1, 0.15) is 17.0 Å². The van der Waals surface area contributed by atoms with E-state index in [9.17, 15) is 9.18 Å². The van der Waals surface area contributed by atoms with Gasteiger partial charge in [-0.1, -0.05) is 42.0 Å². The van der Waals surface area contributed by atoms with Gasteiger partial charge >= 0.3 is 0 Å². The number of hydrogen-bond donors (Lipinski definition) is 1. The zero-order chi connectivity index (χ0) is 20.9. The molecule has 0 bridgehead atoms. The molecular formula is C24H22FN3O2. The summed E-state index contributed by atoms with van der Waals surface area (Å²) < 4.78 is 20.8. The van der Waals surface area contributed by atoms with E-state index in [1.807, 2.05) is 60.0 Å². The lowest BCUT2D eigenvalue weighted by Crippen LogP contribution is -2.28. The molecule has 0 aliphatic rings. The van der Waals surface area contributed by atoms with E-state index in [4.69, 9.17) is 4.74 Å². The van der Waals surface area contributed by atoms with Crippen LogP contribution in [-0.2, 0) is 24.5 Å². The van der Waals surface area contributed by atoms with E-state index in [-0.39, 0.29) is 24.9 Å². The van der Waals surface area contributed by atoms with Crippen molar-refractivity contribution in [2.75, 3.05) is 0 Å². The first-order valence-electron chi connectivity index (χ1n) is 9.73. The molecule has 0 radical (unpaired) electrons. The van der Waals surface area contributed by atoms with Gasteiger partial charge in [-0.2, -0.15) is 0 Å². The number of hydrogen-bond acceptors (Lipinski definition) is 3. The summed E-state index contributed by atoms with van der Waals surface area (Å²) >= 11 is 0. The van der Waals surface area contributed by atoms with Crippen LogP contribution in [0.2, 0.25) is 0 Å². The Hall–Kier alpha value is -3.67. The van der Waals surface area contributed by atoms with Crippen molar-refractivity contribution < 1.29 is 13.9 Å². The van der Waals surface area contributed by atoms with Crippen LogP contribution in [-0.4, -0.2) is 15.5 Å². The van der Waals surface area contributed by atoms with Crippen LogP contribution in [0.4, 0.5) is 4.39 Å². The maximum absolute atomic E-state index is 13.0. The Morgan fingerprint density at radius 1 is 1.03 bits per heavy atom. The SMILES string of the molecule is Cc1ccc(OCc2nc3ccccc3n2CC(=O)NCc2ccc(F)cc2)cc1. The molecule has 0 aliphatic heterocycles. The van der Waals surface area contributed by atoms with Crippen molar-refractivity contribution in [2.24, 2.45) is 0 Å². The highest BCUT2D eigenvalue weighted by Crippen LogP contribution is 2.19. The summed E-state index contributed by atoms with van der Waals surface area (Å²) in [5.74, 6) is 0.973. The lowest BCUT2D eigenvalue weighted by molar-refractivity contribution is -0.121. The van der Waals surface area contributed by atoms with E-state index >= 15 is 0 Å². The zero-order valence-corrected chi connectivity index (χ0v) is 16.6. The molecule has 0 fully saturated rings. The summed E-state index contributed by atoms with van der Waals surface area (Å²) in [4.78, 5) is 17.2. The highest BCUT2D eigenvalue weighted by Gasteiger charge is 2.14. The smallest absolute Gasteiger partial charge is 0.240 e. The number of aryl methyl sites for hydroxylation is 1. The van der Waals surface area contributed by atoms with E-state index in [0.717, 1.165) is 27.9 Å². The predicted octanol–water partition coefficient (Wildman–Crippen LogP) is 4.38. The number of carbonyl (C=O) groups excluding carboxylic acids is 1. The summed E-state index contributed by atoms with van der Waals surface area (Å²) in [6.45, 7) is 2.73. The Morgan fingerprint density at radius 3 is 2.53 bits per heavy atom. The molecule has 152 valence electrons. The number of ether oxygens (including phenoxy) is 1. The van der Waals surface area contributed by atoms with Gasteiger partial charge in [0.25, 0.3) is 0 Å². The van der Waals surface area contributed by atoms with Gasteiger partial charge in [-0.3, -0.25) is 4.79 Å². The third kappa shape index (κ3) is 4.66. The fraction of sp³-hybridized carbons (Fsp3) is 0.167. The zero-order valence-electron chi connectivity index (χ0n) is 16.6. The molecule has 0 saturated carbocycles. The number of rotatable bonds is 7. The molecule has 1 amide bonds. The van der Waals surface area contributed by atoms with Crippen LogP contribution in [0.15, 0.2) is 72.8 Å². The van der Waals surface area contributed by atoms with Gasteiger partial charge in [0.2, 0.25) is 5.91 Å². The van der Waals surface area contributed by atoms with Crippen LogP contribution in [0.25, 0.3) is 11.0 Å². The highest BCUT2D eigenvalue weighted by molar-refractivity contribution is 5.81. The lowest BCUT2D eigenvalue weighted by Gasteiger charge is -2.11. The van der Waals surface area contributed by atoms with Gasteiger partial charge in [0.05, 0.1) is 11.0 Å². The van der Waals surface area contributed by atoms with Crippen molar-refractivity contribution in [3.63, 3.8) is 0 Å². The van der Waals surface area contributed by atoms with E-state index in [1.165, 1.54) is 12.1 Å². The van der Waals surface area contributed by atoms with Gasteiger partial charge in [-0.25, -0.2) is 9.37 Å². The predicted molar refractivity (Wildman–Crippen MR) is 113 cm³/mol. The van der Waals surface area contributed by atoms with Crippen LogP contribution >= 0.6 is 0 Å². The molecule has 0 saturated heterocycles. The maximum atomic E-state index is 13.0. The Morgan fingerprint density at radius 2 is 1.77 bits per heavy atom. The van der Waals surface area contributed by atoms with Crippen LogP contribution in [0, 0.1) is 12.7 Å². The number of nitrogens with zero attached hydrogens (tertiary/aromatic N) is 2. The standard InChI is InChI=1S/C24H22FN3O2/c1-17-6-12-20(13-7-17)30-16-23-27-21-4-2-3-5-22(21)28(23)15-24(29)26-14-18-8-10-19(25)11-9-18/h2-13H,14-16H2,1H3,(H,26,29). The Bertz CT molecular complexity index is 1150. The second-order valence-corrected chi connectivity index (χ2v) is 7.11. The lowest BCUT2D eigenvalue weighted by atomic mass is 10.2.